The van der Waals surface area contributed by atoms with Crippen LogP contribution in [0.4, 0.5) is 28.4 Å². The second-order valence-electron chi connectivity index (χ2n) is 11.2. The molecular weight excluding hydrogens is 696 g/mol. The van der Waals surface area contributed by atoms with Gasteiger partial charge in [-0.05, 0) is 76.9 Å². The molecule has 0 saturated heterocycles. The molecule has 7 rings (SSSR count). The van der Waals surface area contributed by atoms with Gasteiger partial charge in [0, 0.05) is 11.4 Å². The summed E-state index contributed by atoms with van der Waals surface area (Å²) in [6.07, 6.45) is 8.25. The molecule has 210 valence electrons. The van der Waals surface area contributed by atoms with Crippen molar-refractivity contribution in [2.24, 2.45) is 0 Å². The van der Waals surface area contributed by atoms with Gasteiger partial charge in [0.2, 0.25) is 0 Å². The second kappa shape index (κ2) is 11.1. The maximum Gasteiger partial charge on any atom is 4.00 e. The van der Waals surface area contributed by atoms with Gasteiger partial charge >= 0.3 is 21.1 Å². The molecule has 0 spiro atoms. The summed E-state index contributed by atoms with van der Waals surface area (Å²) in [5.74, 6) is 0. The molecule has 0 N–H and O–H groups in total. The van der Waals surface area contributed by atoms with Crippen molar-refractivity contribution in [2.75, 3.05) is 28.8 Å². The minimum absolute atomic E-state index is 0. The number of hydrogen-bond donors (Lipinski definition) is 0. The van der Waals surface area contributed by atoms with Crippen LogP contribution in [0, 0.1) is 46.2 Å². The Labute approximate surface area is 264 Å². The largest absolute Gasteiger partial charge is 4.00 e. The number of hydrogen-bond acceptors (Lipinski definition) is 5. The van der Waals surface area contributed by atoms with E-state index in [9.17, 15) is 0 Å². The fraction of sp³-hybridized carbons (Fsp3) is 0.143. The van der Waals surface area contributed by atoms with Crippen molar-refractivity contribution in [1.82, 2.24) is 9.80 Å². The third-order valence-electron chi connectivity index (χ3n) is 8.02. The summed E-state index contributed by atoms with van der Waals surface area (Å²) in [6, 6.07) is 31.9. The Hall–Kier alpha value is -3.89. The molecule has 3 heterocycles. The number of rotatable bonds is 4. The second-order valence-corrected chi connectivity index (χ2v) is 11.2. The monoisotopic (exact) mass is 728 g/mol. The van der Waals surface area contributed by atoms with Gasteiger partial charge in [-0.3, -0.25) is 0 Å². The number of benzene rings is 4. The van der Waals surface area contributed by atoms with Crippen LogP contribution >= 0.6 is 0 Å². The van der Waals surface area contributed by atoms with E-state index in [2.05, 4.69) is 151 Å². The molecule has 3 aliphatic heterocycles. The summed E-state index contributed by atoms with van der Waals surface area (Å²) in [4.78, 5) is 10.8. The average molecular weight is 729 g/mol. The molecule has 0 fully saturated rings. The van der Waals surface area contributed by atoms with Crippen LogP contribution in [0.15, 0.2) is 91.5 Å². The fourth-order valence-corrected chi connectivity index (χ4v) is 6.35. The molecule has 0 saturated carbocycles. The van der Waals surface area contributed by atoms with Crippen LogP contribution in [0.5, 0.6) is 0 Å². The van der Waals surface area contributed by atoms with Gasteiger partial charge in [0.05, 0.1) is 0 Å². The van der Waals surface area contributed by atoms with Crippen molar-refractivity contribution in [3.8, 4) is 0 Å². The Morgan fingerprint density at radius 2 is 1.31 bits per heavy atom. The molecule has 4 aromatic rings. The molecule has 0 atom stereocenters. The SMILES string of the molecule is Cc1cc(C)c(N2c3ccc(N4C=CN(C)[CH-]4)[c-]c3B(c3[c-]c(N4C=CN(C)[CH-]4)ccc3)c3ccccc32)c(C)c1.[Pt+4]. The van der Waals surface area contributed by atoms with Gasteiger partial charge in [-0.25, -0.2) is 0 Å². The third-order valence-corrected chi connectivity index (χ3v) is 8.02. The van der Waals surface area contributed by atoms with Crippen LogP contribution < -0.4 is 31.1 Å². The van der Waals surface area contributed by atoms with Gasteiger partial charge < -0.3 is 24.5 Å². The Balaban J connectivity index is 0.00000316. The van der Waals surface area contributed by atoms with E-state index in [4.69, 9.17) is 0 Å². The van der Waals surface area contributed by atoms with Crippen molar-refractivity contribution in [2.45, 2.75) is 20.8 Å². The first kappa shape index (κ1) is 28.2. The molecule has 42 heavy (non-hydrogen) atoms. The van der Waals surface area contributed by atoms with Crippen LogP contribution in [0.2, 0.25) is 0 Å². The normalized spacial score (nSPS) is 15.4. The van der Waals surface area contributed by atoms with E-state index < -0.39 is 0 Å². The summed E-state index contributed by atoms with van der Waals surface area (Å²) in [6.45, 7) is 10.7. The van der Waals surface area contributed by atoms with Crippen molar-refractivity contribution in [3.63, 3.8) is 0 Å². The molecule has 3 aliphatic rings. The predicted octanol–water partition coefficient (Wildman–Crippen LogP) is 5.19. The van der Waals surface area contributed by atoms with Gasteiger partial charge in [0.15, 0.2) is 6.71 Å². The molecule has 0 unspecified atom stereocenters. The minimum Gasteiger partial charge on any atom is -0.510 e. The van der Waals surface area contributed by atoms with E-state index in [0.29, 0.717) is 0 Å². The summed E-state index contributed by atoms with van der Waals surface area (Å²) in [5, 5.41) is 0. The first-order valence-corrected chi connectivity index (χ1v) is 14.0. The zero-order valence-electron chi connectivity index (χ0n) is 24.4. The Morgan fingerprint density at radius 1 is 0.667 bits per heavy atom. The molecule has 0 amide bonds. The van der Waals surface area contributed by atoms with Gasteiger partial charge in [-0.1, -0.05) is 47.0 Å². The zero-order valence-corrected chi connectivity index (χ0v) is 26.7. The molecule has 5 nitrogen and oxygen atoms in total. The summed E-state index contributed by atoms with van der Waals surface area (Å²) in [7, 11) is 4.08. The van der Waals surface area contributed by atoms with Crippen molar-refractivity contribution < 1.29 is 21.1 Å². The summed E-state index contributed by atoms with van der Waals surface area (Å²) >= 11 is 0. The zero-order chi connectivity index (χ0) is 28.2. The van der Waals surface area contributed by atoms with E-state index >= 15 is 0 Å². The third kappa shape index (κ3) is 4.82. The van der Waals surface area contributed by atoms with E-state index in [1.165, 1.54) is 33.5 Å². The summed E-state index contributed by atoms with van der Waals surface area (Å²) in [5.41, 5.74) is 12.9. The predicted molar refractivity (Wildman–Crippen MR) is 171 cm³/mol. The maximum atomic E-state index is 3.87. The van der Waals surface area contributed by atoms with Crippen molar-refractivity contribution in [3.05, 3.63) is 134 Å². The molecule has 0 aliphatic carbocycles. The molecule has 0 aromatic heterocycles. The first-order chi connectivity index (χ1) is 19.9. The van der Waals surface area contributed by atoms with Crippen molar-refractivity contribution in [1.29, 1.82) is 0 Å². The number of anilines is 5. The van der Waals surface area contributed by atoms with Crippen LogP contribution in [0.3, 0.4) is 0 Å². The van der Waals surface area contributed by atoms with E-state index in [0.717, 1.165) is 28.0 Å². The standard InChI is InChI=1S/C35H32BN5.Pt/c1-25-19-26(2)35(27(3)20-25)41-33-12-7-6-11-31(33)36(28-9-8-10-29(21-28)39-17-15-37(4)23-39)32-22-30(13-14-34(32)41)40-18-16-38(5)24-40;/h6-20,23-24H,1-5H3;/q-4;+4. The molecule has 0 bridgehead atoms. The van der Waals surface area contributed by atoms with Gasteiger partial charge in [0.25, 0.3) is 0 Å². The van der Waals surface area contributed by atoms with E-state index in [1.54, 1.807) is 0 Å². The quantitative estimate of drug-likeness (QED) is 0.187. The van der Waals surface area contributed by atoms with Gasteiger partial charge in [-0.2, -0.15) is 54.6 Å². The smallest absolute Gasteiger partial charge is 0.510 e. The summed E-state index contributed by atoms with van der Waals surface area (Å²) < 4.78 is 0. The number of aryl methyl sites for hydroxylation is 3. The Kier molecular flexibility index (Phi) is 7.45. The molecule has 4 aromatic carbocycles. The van der Waals surface area contributed by atoms with Crippen LogP contribution in [0.25, 0.3) is 0 Å². The Morgan fingerprint density at radius 3 is 1.95 bits per heavy atom. The van der Waals surface area contributed by atoms with Crippen LogP contribution in [-0.2, 0) is 21.1 Å². The Bertz CT molecular complexity index is 1690. The fourth-order valence-electron chi connectivity index (χ4n) is 6.35. The number of fused-ring (bicyclic) bond motifs is 2. The molecular formula is C35H32BN5Pt. The van der Waals surface area contributed by atoms with E-state index in [-0.39, 0.29) is 27.8 Å². The minimum atomic E-state index is -0.0305. The van der Waals surface area contributed by atoms with Crippen molar-refractivity contribution >= 4 is 51.5 Å². The average Bonchev–Trinajstić information content (AvgIpc) is 3.60. The number of para-hydroxylation sites is 1. The molecule has 0 radical (unpaired) electrons. The molecule has 7 heteroatoms. The first-order valence-electron chi connectivity index (χ1n) is 14.0. The van der Waals surface area contributed by atoms with Crippen LogP contribution in [0.1, 0.15) is 16.7 Å². The number of nitrogens with zero attached hydrogens (tertiary/aromatic N) is 5. The van der Waals surface area contributed by atoms with Crippen LogP contribution in [-0.4, -0.2) is 30.6 Å². The van der Waals surface area contributed by atoms with Gasteiger partial charge in [-0.15, -0.1) is 23.5 Å². The van der Waals surface area contributed by atoms with Gasteiger partial charge in [0.1, 0.15) is 0 Å². The van der Waals surface area contributed by atoms with E-state index in [1.807, 2.05) is 25.2 Å². The maximum absolute atomic E-state index is 3.87. The topological polar surface area (TPSA) is 16.2 Å².